The predicted octanol–water partition coefficient (Wildman–Crippen LogP) is 4.78. The highest BCUT2D eigenvalue weighted by atomic mass is 32.2. The second kappa shape index (κ2) is 8.57. The molecular formula is C21H26F2N4O4S2. The number of hydrogen-bond acceptors (Lipinski definition) is 6. The molecule has 1 aromatic carbocycles. The zero-order chi connectivity index (χ0) is 24.1. The molecule has 3 atom stereocenters. The van der Waals surface area contributed by atoms with E-state index in [1.165, 1.54) is 18.3 Å². The molecule has 1 aliphatic heterocycles. The van der Waals surface area contributed by atoms with E-state index in [0.29, 0.717) is 28.4 Å². The normalized spacial score (nSPS) is 25.2. The van der Waals surface area contributed by atoms with Gasteiger partial charge in [-0.15, -0.1) is 15.7 Å². The Bertz CT molecular complexity index is 1200. The summed E-state index contributed by atoms with van der Waals surface area (Å²) in [5.41, 5.74) is 0.627. The largest absolute Gasteiger partial charge is 0.435 e. The van der Waals surface area contributed by atoms with Crippen LogP contribution >= 0.6 is 11.3 Å². The summed E-state index contributed by atoms with van der Waals surface area (Å²) in [7, 11) is -3.34. The zero-order valence-corrected chi connectivity index (χ0v) is 20.2. The lowest BCUT2D eigenvalue weighted by Crippen LogP contribution is -2.28. The number of hydrogen-bond donors (Lipinski definition) is 3. The summed E-state index contributed by atoms with van der Waals surface area (Å²) in [6.45, 7) is 4.26. The number of aromatic nitrogens is 1. The van der Waals surface area contributed by atoms with Gasteiger partial charge in [0, 0.05) is 12.2 Å². The second-order valence-corrected chi connectivity index (χ2v) is 12.3. The molecule has 0 spiro atoms. The van der Waals surface area contributed by atoms with E-state index >= 15 is 0 Å². The Morgan fingerprint density at radius 2 is 2.06 bits per heavy atom. The first-order valence-corrected chi connectivity index (χ1v) is 12.8. The third-order valence-electron chi connectivity index (χ3n) is 5.61. The van der Waals surface area contributed by atoms with Crippen molar-refractivity contribution < 1.29 is 27.6 Å². The van der Waals surface area contributed by atoms with Gasteiger partial charge in [-0.05, 0) is 61.3 Å². The molecule has 3 N–H and O–H groups in total. The van der Waals surface area contributed by atoms with Gasteiger partial charge in [0.2, 0.25) is 0 Å². The fourth-order valence-corrected chi connectivity index (χ4v) is 6.70. The molecule has 180 valence electrons. The number of aliphatic hydroxyl groups is 1. The van der Waals surface area contributed by atoms with Crippen molar-refractivity contribution in [3.63, 3.8) is 0 Å². The van der Waals surface area contributed by atoms with Crippen LogP contribution in [0.25, 0.3) is 0 Å². The fraction of sp³-hybridized carbons (Fsp3) is 0.524. The maximum Gasteiger partial charge on any atom is 0.387 e. The van der Waals surface area contributed by atoms with E-state index in [2.05, 4.69) is 24.1 Å². The average molecular weight is 501 g/mol. The van der Waals surface area contributed by atoms with Crippen molar-refractivity contribution >= 4 is 33.0 Å². The first kappa shape index (κ1) is 24.0. The number of urea groups is 1. The average Bonchev–Trinajstić information content (AvgIpc) is 3.26. The van der Waals surface area contributed by atoms with Crippen LogP contribution in [0.3, 0.4) is 0 Å². The zero-order valence-electron chi connectivity index (χ0n) is 18.6. The van der Waals surface area contributed by atoms with Crippen LogP contribution < -0.4 is 14.8 Å². The van der Waals surface area contributed by atoms with E-state index in [-0.39, 0.29) is 27.7 Å². The summed E-state index contributed by atoms with van der Waals surface area (Å²) < 4.78 is 51.2. The molecule has 0 radical (unpaired) electrons. The van der Waals surface area contributed by atoms with Crippen LogP contribution in [0.2, 0.25) is 0 Å². The lowest BCUT2D eigenvalue weighted by atomic mass is 9.94. The first-order valence-electron chi connectivity index (χ1n) is 10.5. The molecular weight excluding hydrogens is 474 g/mol. The molecule has 1 aliphatic carbocycles. The minimum atomic E-state index is -3.34. The fourth-order valence-electron chi connectivity index (χ4n) is 3.86. The minimum absolute atomic E-state index is 0.0123. The molecule has 33 heavy (non-hydrogen) atoms. The lowest BCUT2D eigenvalue weighted by molar-refractivity contribution is -0.0499. The molecule has 0 saturated heterocycles. The quantitative estimate of drug-likeness (QED) is 0.547. The highest BCUT2D eigenvalue weighted by molar-refractivity contribution is 7.94. The highest BCUT2D eigenvalue weighted by Crippen LogP contribution is 2.52. The number of benzene rings is 1. The summed E-state index contributed by atoms with van der Waals surface area (Å²) in [5, 5.41) is 13.3. The molecule has 2 heterocycles. The Balaban J connectivity index is 1.78. The van der Waals surface area contributed by atoms with Crippen LogP contribution in [-0.4, -0.2) is 33.5 Å². The topological polar surface area (TPSA) is 113 Å². The van der Waals surface area contributed by atoms with Crippen molar-refractivity contribution in [2.45, 2.75) is 62.4 Å². The third kappa shape index (κ3) is 5.03. The van der Waals surface area contributed by atoms with Gasteiger partial charge >= 0.3 is 12.6 Å². The minimum Gasteiger partial charge on any atom is -0.435 e. The molecule has 2 aromatic rings. The third-order valence-corrected chi connectivity index (χ3v) is 9.27. The number of thiazole rings is 1. The van der Waals surface area contributed by atoms with Gasteiger partial charge in [-0.1, -0.05) is 13.8 Å². The van der Waals surface area contributed by atoms with Gasteiger partial charge < -0.3 is 15.2 Å². The van der Waals surface area contributed by atoms with Gasteiger partial charge in [-0.2, -0.15) is 8.78 Å². The van der Waals surface area contributed by atoms with Crippen molar-refractivity contribution in [3.05, 3.63) is 34.5 Å². The van der Waals surface area contributed by atoms with Crippen molar-refractivity contribution in [1.82, 2.24) is 9.71 Å². The predicted molar refractivity (Wildman–Crippen MR) is 121 cm³/mol. The number of carbonyl (C=O) groups is 1. The highest BCUT2D eigenvalue weighted by Gasteiger charge is 2.42. The van der Waals surface area contributed by atoms with Gasteiger partial charge in [-0.25, -0.2) is 18.7 Å². The number of halogens is 2. The number of fused-ring (bicyclic) bond motifs is 3. The van der Waals surface area contributed by atoms with Crippen LogP contribution in [0.5, 0.6) is 5.75 Å². The standard InChI is InChI=1S/C21H26F2N4O4S2/c1-10(2)13-6-12(31-19(22)23)7-15-14-5-11(14)8-25-33(30,27-20(28)26-17(13)15)16-9-24-18(32-16)21(3,4)29/h6-7,9-11,14,19,29H,5,8H2,1-4H3,(H2,25,26,27,28,30). The van der Waals surface area contributed by atoms with E-state index in [1.54, 1.807) is 13.8 Å². The number of carbonyl (C=O) groups excluding carboxylic acids is 1. The van der Waals surface area contributed by atoms with Crippen LogP contribution in [0, 0.1) is 5.92 Å². The Morgan fingerprint density at radius 1 is 1.33 bits per heavy atom. The van der Waals surface area contributed by atoms with E-state index in [4.69, 9.17) is 0 Å². The summed E-state index contributed by atoms with van der Waals surface area (Å²) in [5.74, 6) is 0.0144. The van der Waals surface area contributed by atoms with E-state index in [0.717, 1.165) is 17.8 Å². The molecule has 0 bridgehead atoms. The molecule has 1 aromatic heterocycles. The summed E-state index contributed by atoms with van der Waals surface area (Å²) in [6, 6.07) is 2.21. The first-order chi connectivity index (χ1) is 15.4. The summed E-state index contributed by atoms with van der Waals surface area (Å²) in [4.78, 5) is 17.0. The van der Waals surface area contributed by atoms with Crippen molar-refractivity contribution in [3.8, 4) is 5.75 Å². The molecule has 1 fully saturated rings. The number of alkyl halides is 2. The Kier molecular flexibility index (Phi) is 6.23. The van der Waals surface area contributed by atoms with Gasteiger partial charge in [0.15, 0.2) is 9.92 Å². The maximum absolute atomic E-state index is 13.7. The maximum atomic E-state index is 13.7. The van der Waals surface area contributed by atoms with Crippen LogP contribution in [-0.2, 0) is 15.5 Å². The monoisotopic (exact) mass is 500 g/mol. The van der Waals surface area contributed by atoms with E-state index in [1.807, 2.05) is 13.8 Å². The van der Waals surface area contributed by atoms with Crippen LogP contribution in [0.15, 0.2) is 26.9 Å². The van der Waals surface area contributed by atoms with Gasteiger partial charge in [-0.3, -0.25) is 0 Å². The second-order valence-electron chi connectivity index (χ2n) is 9.05. The van der Waals surface area contributed by atoms with Crippen LogP contribution in [0.4, 0.5) is 19.3 Å². The van der Waals surface area contributed by atoms with E-state index in [9.17, 15) is 22.9 Å². The summed E-state index contributed by atoms with van der Waals surface area (Å²) >= 11 is 1.03. The Labute approximate surface area is 195 Å². The molecule has 1 saturated carbocycles. The molecule has 2 aliphatic rings. The number of nitrogens with one attached hydrogen (secondary N) is 2. The van der Waals surface area contributed by atoms with Crippen molar-refractivity contribution in [1.29, 1.82) is 0 Å². The smallest absolute Gasteiger partial charge is 0.387 e. The number of anilines is 1. The van der Waals surface area contributed by atoms with Crippen molar-refractivity contribution in [2.24, 2.45) is 10.3 Å². The van der Waals surface area contributed by atoms with Gasteiger partial charge in [0.25, 0.3) is 0 Å². The number of nitrogens with zero attached hydrogens (tertiary/aromatic N) is 2. The Morgan fingerprint density at radius 3 is 2.67 bits per heavy atom. The molecule has 4 rings (SSSR count). The molecule has 2 amide bonds. The molecule has 12 heteroatoms. The number of ether oxygens (including phenoxy) is 1. The van der Waals surface area contributed by atoms with Gasteiger partial charge in [0.1, 0.15) is 20.6 Å². The lowest BCUT2D eigenvalue weighted by Gasteiger charge is -2.21. The van der Waals surface area contributed by atoms with E-state index < -0.39 is 28.2 Å². The van der Waals surface area contributed by atoms with Crippen LogP contribution in [0.1, 0.15) is 62.1 Å². The Hall–Kier alpha value is -2.15. The number of amides is 2. The number of rotatable bonds is 5. The molecule has 3 unspecified atom stereocenters. The summed E-state index contributed by atoms with van der Waals surface area (Å²) in [6.07, 6.45) is 2.10. The van der Waals surface area contributed by atoms with Crippen molar-refractivity contribution in [2.75, 3.05) is 11.9 Å². The SMILES string of the molecule is CC(C)c1cc(OC(F)F)cc2c1NC(=O)N=S(=O)(c1cnc(C(C)(C)O)s1)NCC1CC21. The van der Waals surface area contributed by atoms with Gasteiger partial charge in [0.05, 0.1) is 6.20 Å². The molecule has 8 nitrogen and oxygen atoms in total.